The Hall–Kier alpha value is -2.94. The minimum atomic E-state index is -0.254. The normalized spacial score (nSPS) is 11.3. The molecule has 5 heteroatoms. The number of thioether (sulfide) groups is 1. The Balaban J connectivity index is 1.78. The molecule has 0 N–H and O–H groups in total. The monoisotopic (exact) mass is 458 g/mol. The number of aromatic nitrogens is 1. The first-order valence-corrected chi connectivity index (χ1v) is 12.2. The summed E-state index contributed by atoms with van der Waals surface area (Å²) in [7, 11) is 0. The molecular weight excluding hydrogens is 435 g/mol. The largest absolute Gasteiger partial charge is 0.239 e. The van der Waals surface area contributed by atoms with Gasteiger partial charge in [-0.1, -0.05) is 63.2 Å². The molecule has 0 saturated carbocycles. The van der Waals surface area contributed by atoms with Crippen LogP contribution < -0.4 is 0 Å². The molecule has 2 aromatic heterocycles. The second-order valence-electron chi connectivity index (χ2n) is 8.57. The fourth-order valence-corrected chi connectivity index (χ4v) is 5.04. The Morgan fingerprint density at radius 2 is 1.75 bits per heavy atom. The van der Waals surface area contributed by atoms with Gasteiger partial charge in [0.15, 0.2) is 0 Å². The number of thiophene rings is 1. The Morgan fingerprint density at radius 3 is 2.34 bits per heavy atom. The Bertz CT molecular complexity index is 1250. The van der Waals surface area contributed by atoms with Gasteiger partial charge in [0.05, 0.1) is 16.1 Å². The number of rotatable bonds is 5. The molecule has 0 aliphatic rings. The number of nitriles is 1. The molecule has 32 heavy (non-hydrogen) atoms. The molecule has 0 unspecified atom stereocenters. The molecule has 2 heterocycles. The lowest BCUT2D eigenvalue weighted by Gasteiger charge is -2.19. The van der Waals surface area contributed by atoms with Crippen LogP contribution in [0.5, 0.6) is 0 Å². The van der Waals surface area contributed by atoms with Crippen molar-refractivity contribution >= 4 is 23.1 Å². The highest BCUT2D eigenvalue weighted by Crippen LogP contribution is 2.37. The summed E-state index contributed by atoms with van der Waals surface area (Å²) in [5.74, 6) is 0.355. The van der Waals surface area contributed by atoms with Gasteiger partial charge in [-0.25, -0.2) is 9.37 Å². The smallest absolute Gasteiger partial charge is 0.123 e. The number of halogens is 1. The molecule has 4 rings (SSSR count). The van der Waals surface area contributed by atoms with Gasteiger partial charge in [0.2, 0.25) is 0 Å². The van der Waals surface area contributed by atoms with Crippen LogP contribution >= 0.6 is 23.1 Å². The van der Waals surface area contributed by atoms with E-state index in [0.29, 0.717) is 16.3 Å². The summed E-state index contributed by atoms with van der Waals surface area (Å²) in [4.78, 5) is 5.90. The van der Waals surface area contributed by atoms with Crippen LogP contribution in [-0.4, -0.2) is 4.98 Å². The molecule has 0 aliphatic heterocycles. The number of benzene rings is 2. The van der Waals surface area contributed by atoms with E-state index in [1.165, 1.54) is 29.5 Å². The van der Waals surface area contributed by atoms with Crippen molar-refractivity contribution in [2.24, 2.45) is 0 Å². The zero-order chi connectivity index (χ0) is 22.7. The first-order chi connectivity index (χ1) is 15.3. The summed E-state index contributed by atoms with van der Waals surface area (Å²) >= 11 is 3.13. The van der Waals surface area contributed by atoms with E-state index in [4.69, 9.17) is 4.98 Å². The van der Waals surface area contributed by atoms with Gasteiger partial charge < -0.3 is 0 Å². The molecule has 2 nitrogen and oxygen atoms in total. The van der Waals surface area contributed by atoms with Crippen LogP contribution in [0.3, 0.4) is 0 Å². The maximum absolute atomic E-state index is 13.3. The third-order valence-corrected chi connectivity index (χ3v) is 7.16. The average molecular weight is 459 g/mol. The van der Waals surface area contributed by atoms with Crippen molar-refractivity contribution in [1.29, 1.82) is 5.26 Å². The van der Waals surface area contributed by atoms with Crippen molar-refractivity contribution < 1.29 is 4.39 Å². The lowest BCUT2D eigenvalue weighted by molar-refractivity contribution is 0.590. The lowest BCUT2D eigenvalue weighted by atomic mass is 9.86. The molecular formula is C27H23FN2S2. The number of pyridine rings is 1. The van der Waals surface area contributed by atoms with Gasteiger partial charge in [0, 0.05) is 11.3 Å². The topological polar surface area (TPSA) is 36.7 Å². The summed E-state index contributed by atoms with van der Waals surface area (Å²) in [5, 5.41) is 12.8. The molecule has 0 fully saturated rings. The summed E-state index contributed by atoms with van der Waals surface area (Å²) < 4.78 is 13.3. The maximum atomic E-state index is 13.3. The van der Waals surface area contributed by atoms with Crippen molar-refractivity contribution in [2.75, 3.05) is 0 Å². The second-order valence-corrected chi connectivity index (χ2v) is 10.5. The van der Waals surface area contributed by atoms with Crippen LogP contribution in [-0.2, 0) is 11.2 Å². The van der Waals surface area contributed by atoms with E-state index in [-0.39, 0.29) is 11.2 Å². The van der Waals surface area contributed by atoms with Gasteiger partial charge in [-0.2, -0.15) is 5.26 Å². The first kappa shape index (κ1) is 22.3. The molecule has 160 valence electrons. The standard InChI is InChI=1S/C27H23FN2S2/c1-27(2,3)20-10-8-19(9-11-20)22-15-24(25-5-4-14-31-25)30-26(23(22)16-29)32-17-18-6-12-21(28)13-7-18/h4-15H,17H2,1-3H3. The van der Waals surface area contributed by atoms with Gasteiger partial charge in [-0.15, -0.1) is 23.1 Å². The summed E-state index contributed by atoms with van der Waals surface area (Å²) in [6, 6.07) is 23.3. The quantitative estimate of drug-likeness (QED) is 0.284. The second kappa shape index (κ2) is 9.28. The van der Waals surface area contributed by atoms with Gasteiger partial charge in [0.25, 0.3) is 0 Å². The van der Waals surface area contributed by atoms with Gasteiger partial charge in [0.1, 0.15) is 16.9 Å². The number of hydrogen-bond acceptors (Lipinski definition) is 4. The SMILES string of the molecule is CC(C)(C)c1ccc(-c2cc(-c3cccs3)nc(SCc3ccc(F)cc3)c2C#N)cc1. The van der Waals surface area contributed by atoms with Crippen LogP contribution in [0.15, 0.2) is 77.1 Å². The van der Waals surface area contributed by atoms with Crippen molar-refractivity contribution in [2.45, 2.75) is 37.0 Å². The summed E-state index contributed by atoms with van der Waals surface area (Å²) in [5.41, 5.74) is 5.60. The highest BCUT2D eigenvalue weighted by Gasteiger charge is 2.18. The van der Waals surface area contributed by atoms with E-state index < -0.39 is 0 Å². The molecule has 0 radical (unpaired) electrons. The third kappa shape index (κ3) is 4.93. The third-order valence-electron chi connectivity index (χ3n) is 5.22. The van der Waals surface area contributed by atoms with Crippen molar-refractivity contribution in [3.63, 3.8) is 0 Å². The van der Waals surface area contributed by atoms with E-state index in [0.717, 1.165) is 27.3 Å². The molecule has 0 saturated heterocycles. The minimum Gasteiger partial charge on any atom is -0.239 e. The Morgan fingerprint density at radius 1 is 1.03 bits per heavy atom. The van der Waals surface area contributed by atoms with Crippen molar-refractivity contribution in [3.05, 3.63) is 94.6 Å². The number of nitrogens with zero attached hydrogens (tertiary/aromatic N) is 2. The van der Waals surface area contributed by atoms with Crippen molar-refractivity contribution in [3.8, 4) is 27.8 Å². The van der Waals surface area contributed by atoms with Crippen LogP contribution in [0.2, 0.25) is 0 Å². The van der Waals surface area contributed by atoms with E-state index >= 15 is 0 Å². The van der Waals surface area contributed by atoms with Gasteiger partial charge in [-0.3, -0.25) is 0 Å². The molecule has 0 atom stereocenters. The average Bonchev–Trinajstić information content (AvgIpc) is 3.32. The minimum absolute atomic E-state index is 0.0626. The Labute approximate surface area is 196 Å². The molecule has 2 aromatic carbocycles. The van der Waals surface area contributed by atoms with E-state index in [1.807, 2.05) is 23.6 Å². The van der Waals surface area contributed by atoms with Crippen LogP contribution in [0.4, 0.5) is 4.39 Å². The lowest BCUT2D eigenvalue weighted by Crippen LogP contribution is -2.10. The van der Waals surface area contributed by atoms with Crippen LogP contribution in [0, 0.1) is 17.1 Å². The first-order valence-electron chi connectivity index (χ1n) is 10.3. The fraction of sp³-hybridized carbons (Fsp3) is 0.185. The van der Waals surface area contributed by atoms with Crippen molar-refractivity contribution in [1.82, 2.24) is 4.98 Å². The summed E-state index contributed by atoms with van der Waals surface area (Å²) in [6.07, 6.45) is 0. The van der Waals surface area contributed by atoms with Crippen LogP contribution in [0.1, 0.15) is 37.5 Å². The molecule has 0 spiro atoms. The van der Waals surface area contributed by atoms with E-state index in [9.17, 15) is 9.65 Å². The molecule has 4 aromatic rings. The molecule has 0 aliphatic carbocycles. The maximum Gasteiger partial charge on any atom is 0.123 e. The molecule has 0 amide bonds. The number of hydrogen-bond donors (Lipinski definition) is 0. The highest BCUT2D eigenvalue weighted by atomic mass is 32.2. The predicted molar refractivity (Wildman–Crippen MR) is 132 cm³/mol. The zero-order valence-corrected chi connectivity index (χ0v) is 19.9. The Kier molecular flexibility index (Phi) is 6.45. The van der Waals surface area contributed by atoms with E-state index in [1.54, 1.807) is 23.5 Å². The van der Waals surface area contributed by atoms with Gasteiger partial charge >= 0.3 is 0 Å². The predicted octanol–water partition coefficient (Wildman–Crippen LogP) is 8.08. The van der Waals surface area contributed by atoms with Gasteiger partial charge in [-0.05, 0) is 51.8 Å². The highest BCUT2D eigenvalue weighted by molar-refractivity contribution is 7.98. The molecule has 0 bridgehead atoms. The van der Waals surface area contributed by atoms with Crippen LogP contribution in [0.25, 0.3) is 21.7 Å². The summed E-state index contributed by atoms with van der Waals surface area (Å²) in [6.45, 7) is 6.57. The zero-order valence-electron chi connectivity index (χ0n) is 18.2. The fourth-order valence-electron chi connectivity index (χ4n) is 3.39. The van der Waals surface area contributed by atoms with E-state index in [2.05, 4.69) is 51.1 Å².